The summed E-state index contributed by atoms with van der Waals surface area (Å²) in [5, 5.41) is 3.27. The number of hydrogen-bond acceptors (Lipinski definition) is 2. The van der Waals surface area contributed by atoms with Crippen LogP contribution in [-0.4, -0.2) is 7.05 Å². The van der Waals surface area contributed by atoms with Gasteiger partial charge in [-0.15, -0.1) is 0 Å². The molecule has 0 spiro atoms. The summed E-state index contributed by atoms with van der Waals surface area (Å²) in [5.74, 6) is 0.767. The molecule has 4 heteroatoms. The fourth-order valence-electron chi connectivity index (χ4n) is 2.24. The van der Waals surface area contributed by atoms with E-state index in [9.17, 15) is 4.39 Å². The first kappa shape index (κ1) is 14.3. The van der Waals surface area contributed by atoms with Crippen LogP contribution in [0.1, 0.15) is 29.9 Å². The van der Waals surface area contributed by atoms with Crippen LogP contribution in [-0.2, 0) is 12.8 Å². The molecule has 1 aromatic heterocycles. The quantitative estimate of drug-likeness (QED) is 0.889. The van der Waals surface area contributed by atoms with Crippen molar-refractivity contribution in [2.45, 2.75) is 25.8 Å². The molecule has 1 atom stereocenters. The molecule has 0 aliphatic heterocycles. The lowest BCUT2D eigenvalue weighted by atomic mass is 9.98. The Labute approximate surface area is 121 Å². The van der Waals surface area contributed by atoms with Crippen LogP contribution in [0.2, 0.25) is 0 Å². The van der Waals surface area contributed by atoms with Crippen LogP contribution in [0.4, 0.5) is 4.39 Å². The summed E-state index contributed by atoms with van der Waals surface area (Å²) in [6.07, 6.45) is 3.27. The summed E-state index contributed by atoms with van der Waals surface area (Å²) in [6, 6.07) is 6.87. The van der Waals surface area contributed by atoms with E-state index in [0.29, 0.717) is 6.42 Å². The zero-order valence-electron chi connectivity index (χ0n) is 11.0. The minimum Gasteiger partial charge on any atom is -0.469 e. The van der Waals surface area contributed by atoms with E-state index in [1.54, 1.807) is 18.4 Å². The lowest BCUT2D eigenvalue weighted by molar-refractivity contribution is 0.494. The molecule has 1 heterocycles. The molecule has 0 fully saturated rings. The molecule has 0 aliphatic rings. The van der Waals surface area contributed by atoms with E-state index in [2.05, 4.69) is 28.2 Å². The first-order valence-electron chi connectivity index (χ1n) is 6.33. The number of hydrogen-bond donors (Lipinski definition) is 1. The highest BCUT2D eigenvalue weighted by atomic mass is 79.9. The number of halogens is 2. The number of rotatable bonds is 5. The number of nitrogens with one attached hydrogen (secondary N) is 1. The topological polar surface area (TPSA) is 25.2 Å². The van der Waals surface area contributed by atoms with Crippen LogP contribution in [0.3, 0.4) is 0 Å². The van der Waals surface area contributed by atoms with Crippen molar-refractivity contribution in [2.75, 3.05) is 7.05 Å². The molecule has 0 saturated heterocycles. The van der Waals surface area contributed by atoms with Crippen molar-refractivity contribution in [3.63, 3.8) is 0 Å². The average Bonchev–Trinajstić information content (AvgIpc) is 2.88. The number of aryl methyl sites for hydroxylation is 1. The fourth-order valence-corrected chi connectivity index (χ4v) is 2.64. The lowest BCUT2D eigenvalue weighted by Crippen LogP contribution is -2.19. The monoisotopic (exact) mass is 325 g/mol. The van der Waals surface area contributed by atoms with Gasteiger partial charge in [-0.3, -0.25) is 0 Å². The molecule has 2 aromatic rings. The Kier molecular flexibility index (Phi) is 4.77. The van der Waals surface area contributed by atoms with E-state index < -0.39 is 0 Å². The van der Waals surface area contributed by atoms with Crippen LogP contribution in [0.5, 0.6) is 0 Å². The maximum Gasteiger partial charge on any atom is 0.123 e. The highest BCUT2D eigenvalue weighted by molar-refractivity contribution is 9.10. The summed E-state index contributed by atoms with van der Waals surface area (Å²) < 4.78 is 19.7. The lowest BCUT2D eigenvalue weighted by Gasteiger charge is -2.17. The Hall–Kier alpha value is -1.13. The van der Waals surface area contributed by atoms with Gasteiger partial charge < -0.3 is 9.73 Å². The Bertz CT molecular complexity index is 553. The van der Waals surface area contributed by atoms with E-state index >= 15 is 0 Å². The Balaban J connectivity index is 2.26. The summed E-state index contributed by atoms with van der Waals surface area (Å²) in [4.78, 5) is 0. The second kappa shape index (κ2) is 6.35. The van der Waals surface area contributed by atoms with Gasteiger partial charge in [-0.05, 0) is 43.3 Å². The first-order chi connectivity index (χ1) is 9.15. The zero-order valence-corrected chi connectivity index (χ0v) is 12.6. The molecule has 19 heavy (non-hydrogen) atoms. The molecular weight excluding hydrogens is 309 g/mol. The van der Waals surface area contributed by atoms with Crippen LogP contribution in [0, 0.1) is 5.82 Å². The first-order valence-corrected chi connectivity index (χ1v) is 7.12. The predicted octanol–water partition coefficient (Wildman–Crippen LogP) is 4.25. The molecule has 1 unspecified atom stereocenters. The zero-order chi connectivity index (χ0) is 13.8. The molecule has 102 valence electrons. The highest BCUT2D eigenvalue weighted by Crippen LogP contribution is 2.27. The van der Waals surface area contributed by atoms with Gasteiger partial charge in [-0.25, -0.2) is 4.39 Å². The van der Waals surface area contributed by atoms with Gasteiger partial charge >= 0.3 is 0 Å². The van der Waals surface area contributed by atoms with Gasteiger partial charge in [0.05, 0.1) is 6.26 Å². The third kappa shape index (κ3) is 3.25. The van der Waals surface area contributed by atoms with Crippen molar-refractivity contribution >= 4 is 15.9 Å². The Morgan fingerprint density at radius 2 is 2.16 bits per heavy atom. The molecular formula is C15H17BrFNO. The summed E-state index contributed by atoms with van der Waals surface area (Å²) in [7, 11) is 1.91. The average molecular weight is 326 g/mol. The van der Waals surface area contributed by atoms with Crippen molar-refractivity contribution in [3.8, 4) is 0 Å². The second-order valence-corrected chi connectivity index (χ2v) is 5.29. The van der Waals surface area contributed by atoms with E-state index in [-0.39, 0.29) is 11.9 Å². The van der Waals surface area contributed by atoms with Crippen LogP contribution >= 0.6 is 15.9 Å². The van der Waals surface area contributed by atoms with Crippen molar-refractivity contribution in [1.82, 2.24) is 5.32 Å². The maximum absolute atomic E-state index is 13.3. The molecule has 2 nitrogen and oxygen atoms in total. The third-order valence-corrected chi connectivity index (χ3v) is 4.03. The van der Waals surface area contributed by atoms with Gasteiger partial charge in [0, 0.05) is 22.5 Å². The Morgan fingerprint density at radius 3 is 2.84 bits per heavy atom. The fraction of sp³-hybridized carbons (Fsp3) is 0.333. The van der Waals surface area contributed by atoms with Crippen molar-refractivity contribution in [2.24, 2.45) is 0 Å². The van der Waals surface area contributed by atoms with Crippen molar-refractivity contribution < 1.29 is 8.81 Å². The van der Waals surface area contributed by atoms with Gasteiger partial charge in [0.25, 0.3) is 0 Å². The van der Waals surface area contributed by atoms with Crippen LogP contribution < -0.4 is 5.32 Å². The SMILES string of the molecule is CCc1occc1C(Cc1cc(F)ccc1Br)NC. The summed E-state index contributed by atoms with van der Waals surface area (Å²) in [5.41, 5.74) is 2.09. The van der Waals surface area contributed by atoms with Gasteiger partial charge in [-0.1, -0.05) is 22.9 Å². The third-order valence-electron chi connectivity index (χ3n) is 3.26. The van der Waals surface area contributed by atoms with E-state index in [0.717, 1.165) is 27.8 Å². The smallest absolute Gasteiger partial charge is 0.123 e. The summed E-state index contributed by atoms with van der Waals surface area (Å²) in [6.45, 7) is 2.06. The highest BCUT2D eigenvalue weighted by Gasteiger charge is 2.17. The molecule has 1 aromatic carbocycles. The van der Waals surface area contributed by atoms with Crippen LogP contribution in [0.25, 0.3) is 0 Å². The van der Waals surface area contributed by atoms with Gasteiger partial charge in [-0.2, -0.15) is 0 Å². The van der Waals surface area contributed by atoms with Gasteiger partial charge in [0.1, 0.15) is 11.6 Å². The number of benzene rings is 1. The predicted molar refractivity (Wildman–Crippen MR) is 77.7 cm³/mol. The minimum absolute atomic E-state index is 0.117. The maximum atomic E-state index is 13.3. The normalized spacial score (nSPS) is 12.6. The standard InChI is InChI=1S/C15H17BrFNO/c1-3-15-12(6-7-19-15)14(18-2)9-10-8-11(17)4-5-13(10)16/h4-8,14,18H,3,9H2,1-2H3. The van der Waals surface area contributed by atoms with Crippen LogP contribution in [0.15, 0.2) is 39.4 Å². The molecule has 1 N–H and O–H groups in total. The van der Waals surface area contributed by atoms with Gasteiger partial charge in [0.2, 0.25) is 0 Å². The molecule has 0 radical (unpaired) electrons. The molecule has 0 aliphatic carbocycles. The molecule has 2 rings (SSSR count). The van der Waals surface area contributed by atoms with Crippen molar-refractivity contribution in [3.05, 3.63) is 57.7 Å². The molecule has 0 amide bonds. The largest absolute Gasteiger partial charge is 0.469 e. The second-order valence-electron chi connectivity index (χ2n) is 4.43. The Morgan fingerprint density at radius 1 is 1.37 bits per heavy atom. The van der Waals surface area contributed by atoms with E-state index in [1.807, 2.05) is 13.1 Å². The number of furan rings is 1. The van der Waals surface area contributed by atoms with E-state index in [1.165, 1.54) is 6.07 Å². The molecule has 0 saturated carbocycles. The van der Waals surface area contributed by atoms with E-state index in [4.69, 9.17) is 4.42 Å². The van der Waals surface area contributed by atoms with Gasteiger partial charge in [0.15, 0.2) is 0 Å². The number of likely N-dealkylation sites (N-methyl/N-ethyl adjacent to an activating group) is 1. The minimum atomic E-state index is -0.212. The van der Waals surface area contributed by atoms with Crippen molar-refractivity contribution in [1.29, 1.82) is 0 Å². The molecule has 0 bridgehead atoms. The summed E-state index contributed by atoms with van der Waals surface area (Å²) >= 11 is 3.47.